The third-order valence-electron chi connectivity index (χ3n) is 5.79. The van der Waals surface area contributed by atoms with E-state index in [0.29, 0.717) is 29.8 Å². The van der Waals surface area contributed by atoms with E-state index in [9.17, 15) is 4.79 Å². The smallest absolute Gasteiger partial charge is 0.261 e. The number of oxazole rings is 1. The number of amides is 1. The van der Waals surface area contributed by atoms with Crippen LogP contribution in [0.3, 0.4) is 0 Å². The summed E-state index contributed by atoms with van der Waals surface area (Å²) in [5.41, 5.74) is 1.82. The standard InChI is InChI=1S/C25H23ClN4O3/c26-18-7-5-6-17(12-18)13-19-14-27-25(33-19)22-10-3-4-11-30(22)23(31)15-32-24-20-8-1-2-9-21(20)28-16-29-24/h1-2,5-9,12,14,16,22H,3-4,10-11,13,15H2. The largest absolute Gasteiger partial charge is 0.467 e. The predicted octanol–water partition coefficient (Wildman–Crippen LogP) is 4.99. The van der Waals surface area contributed by atoms with Crippen LogP contribution in [-0.2, 0) is 11.2 Å². The van der Waals surface area contributed by atoms with E-state index < -0.39 is 0 Å². The summed E-state index contributed by atoms with van der Waals surface area (Å²) in [6.45, 7) is 0.539. The molecule has 33 heavy (non-hydrogen) atoms. The summed E-state index contributed by atoms with van der Waals surface area (Å²) in [6.07, 6.45) is 6.53. The van der Waals surface area contributed by atoms with Gasteiger partial charge in [-0.15, -0.1) is 0 Å². The first-order valence-electron chi connectivity index (χ1n) is 11.0. The third-order valence-corrected chi connectivity index (χ3v) is 6.02. The van der Waals surface area contributed by atoms with Crippen LogP contribution in [0.2, 0.25) is 5.02 Å². The maximum Gasteiger partial charge on any atom is 0.261 e. The molecule has 1 saturated heterocycles. The minimum absolute atomic E-state index is 0.104. The fourth-order valence-corrected chi connectivity index (χ4v) is 4.41. The second kappa shape index (κ2) is 9.58. The molecule has 0 aliphatic carbocycles. The first-order chi connectivity index (χ1) is 16.2. The monoisotopic (exact) mass is 462 g/mol. The number of nitrogens with zero attached hydrogens (tertiary/aromatic N) is 4. The van der Waals surface area contributed by atoms with Gasteiger partial charge < -0.3 is 14.1 Å². The number of aromatic nitrogens is 3. The van der Waals surface area contributed by atoms with Gasteiger partial charge >= 0.3 is 0 Å². The number of halogens is 1. The molecule has 1 aliphatic heterocycles. The van der Waals surface area contributed by atoms with E-state index in [1.165, 1.54) is 6.33 Å². The van der Waals surface area contributed by atoms with Gasteiger partial charge in [-0.2, -0.15) is 0 Å². The van der Waals surface area contributed by atoms with Gasteiger partial charge in [0.05, 0.1) is 17.1 Å². The maximum absolute atomic E-state index is 13.1. The van der Waals surface area contributed by atoms with Crippen molar-refractivity contribution >= 4 is 28.4 Å². The highest BCUT2D eigenvalue weighted by molar-refractivity contribution is 6.30. The van der Waals surface area contributed by atoms with Crippen molar-refractivity contribution in [1.29, 1.82) is 0 Å². The van der Waals surface area contributed by atoms with Crippen molar-refractivity contribution in [2.45, 2.75) is 31.7 Å². The molecular weight excluding hydrogens is 440 g/mol. The van der Waals surface area contributed by atoms with Crippen LogP contribution in [-0.4, -0.2) is 38.9 Å². The van der Waals surface area contributed by atoms with Crippen molar-refractivity contribution in [3.05, 3.63) is 83.3 Å². The van der Waals surface area contributed by atoms with E-state index in [0.717, 1.165) is 41.5 Å². The zero-order chi connectivity index (χ0) is 22.6. The molecule has 1 unspecified atom stereocenters. The Kier molecular flexibility index (Phi) is 6.21. The second-order valence-corrected chi connectivity index (χ2v) is 8.49. The molecule has 1 amide bonds. The number of hydrogen-bond acceptors (Lipinski definition) is 6. The molecule has 5 rings (SSSR count). The molecule has 2 aromatic heterocycles. The summed E-state index contributed by atoms with van der Waals surface area (Å²) in [4.78, 5) is 27.8. The molecule has 2 aromatic carbocycles. The normalized spacial score (nSPS) is 16.2. The van der Waals surface area contributed by atoms with Gasteiger partial charge in [0, 0.05) is 18.0 Å². The molecule has 168 valence electrons. The minimum atomic E-state index is -0.204. The molecule has 3 heterocycles. The quantitative estimate of drug-likeness (QED) is 0.401. The van der Waals surface area contributed by atoms with Crippen LogP contribution in [0.1, 0.15) is 42.5 Å². The SMILES string of the molecule is O=C(COc1ncnc2ccccc12)N1CCCCC1c1ncc(Cc2cccc(Cl)c2)o1. The third kappa shape index (κ3) is 4.83. The Hall–Kier alpha value is -3.45. The van der Waals surface area contributed by atoms with Crippen LogP contribution < -0.4 is 4.74 Å². The minimum Gasteiger partial charge on any atom is -0.467 e. The van der Waals surface area contributed by atoms with Crippen molar-refractivity contribution in [2.24, 2.45) is 0 Å². The average Bonchev–Trinajstić information content (AvgIpc) is 3.31. The number of rotatable bonds is 6. The number of ether oxygens (including phenoxy) is 1. The molecule has 0 N–H and O–H groups in total. The van der Waals surface area contributed by atoms with Crippen molar-refractivity contribution in [3.8, 4) is 5.88 Å². The molecule has 1 atom stereocenters. The van der Waals surface area contributed by atoms with Gasteiger partial charge in [-0.05, 0) is 49.1 Å². The molecule has 7 nitrogen and oxygen atoms in total. The van der Waals surface area contributed by atoms with Crippen LogP contribution >= 0.6 is 11.6 Å². The van der Waals surface area contributed by atoms with Crippen LogP contribution in [0.4, 0.5) is 0 Å². The fourth-order valence-electron chi connectivity index (χ4n) is 4.20. The molecule has 0 spiro atoms. The Morgan fingerprint density at radius 2 is 2.03 bits per heavy atom. The zero-order valence-corrected chi connectivity index (χ0v) is 18.7. The van der Waals surface area contributed by atoms with Crippen LogP contribution in [0.5, 0.6) is 5.88 Å². The molecule has 0 saturated carbocycles. The summed E-state index contributed by atoms with van der Waals surface area (Å²) < 4.78 is 11.9. The Morgan fingerprint density at radius 1 is 1.12 bits per heavy atom. The van der Waals surface area contributed by atoms with Crippen molar-refractivity contribution < 1.29 is 13.9 Å². The summed E-state index contributed by atoms with van der Waals surface area (Å²) in [6, 6.07) is 15.0. The number of carbonyl (C=O) groups is 1. The van der Waals surface area contributed by atoms with Crippen LogP contribution in [0.15, 0.2) is 65.5 Å². The van der Waals surface area contributed by atoms with Crippen molar-refractivity contribution in [2.75, 3.05) is 13.2 Å². The Labute approximate surface area is 196 Å². The van der Waals surface area contributed by atoms with Gasteiger partial charge in [0.25, 0.3) is 5.91 Å². The van der Waals surface area contributed by atoms with E-state index in [1.54, 1.807) is 6.20 Å². The van der Waals surface area contributed by atoms with Crippen molar-refractivity contribution in [3.63, 3.8) is 0 Å². The summed E-state index contributed by atoms with van der Waals surface area (Å²) >= 11 is 6.09. The lowest BCUT2D eigenvalue weighted by Crippen LogP contribution is -2.41. The topological polar surface area (TPSA) is 81.4 Å². The Balaban J connectivity index is 1.28. The average molecular weight is 463 g/mol. The Bertz CT molecular complexity index is 1270. The molecule has 0 bridgehead atoms. The number of piperidine rings is 1. The highest BCUT2D eigenvalue weighted by Gasteiger charge is 2.31. The van der Waals surface area contributed by atoms with Crippen LogP contribution in [0.25, 0.3) is 10.9 Å². The number of hydrogen-bond donors (Lipinski definition) is 0. The summed E-state index contributed by atoms with van der Waals surface area (Å²) in [5, 5.41) is 1.47. The number of fused-ring (bicyclic) bond motifs is 1. The van der Waals surface area contributed by atoms with Crippen LogP contribution in [0, 0.1) is 0 Å². The highest BCUT2D eigenvalue weighted by atomic mass is 35.5. The molecule has 8 heteroatoms. The molecule has 4 aromatic rings. The number of para-hydroxylation sites is 1. The van der Waals surface area contributed by atoms with E-state index in [1.807, 2.05) is 53.4 Å². The molecule has 1 aliphatic rings. The molecule has 1 fully saturated rings. The fraction of sp³-hybridized carbons (Fsp3) is 0.280. The Morgan fingerprint density at radius 3 is 2.94 bits per heavy atom. The number of benzene rings is 2. The predicted molar refractivity (Wildman–Crippen MR) is 124 cm³/mol. The van der Waals surface area contributed by atoms with Crippen molar-refractivity contribution in [1.82, 2.24) is 19.9 Å². The lowest BCUT2D eigenvalue weighted by molar-refractivity contribution is -0.137. The van der Waals surface area contributed by atoms with E-state index in [4.69, 9.17) is 20.8 Å². The number of carbonyl (C=O) groups excluding carboxylic acids is 1. The first kappa shape index (κ1) is 21.4. The van der Waals surface area contributed by atoms with E-state index in [2.05, 4.69) is 15.0 Å². The lowest BCUT2D eigenvalue weighted by Gasteiger charge is -2.33. The summed E-state index contributed by atoms with van der Waals surface area (Å²) in [5.74, 6) is 1.60. The first-order valence-corrected chi connectivity index (χ1v) is 11.4. The lowest BCUT2D eigenvalue weighted by atomic mass is 10.0. The van der Waals surface area contributed by atoms with E-state index >= 15 is 0 Å². The molecular formula is C25H23ClN4O3. The van der Waals surface area contributed by atoms with Gasteiger partial charge in [0.15, 0.2) is 6.61 Å². The van der Waals surface area contributed by atoms with Gasteiger partial charge in [-0.3, -0.25) is 4.79 Å². The van der Waals surface area contributed by atoms with Gasteiger partial charge in [-0.1, -0.05) is 35.9 Å². The zero-order valence-electron chi connectivity index (χ0n) is 18.0. The van der Waals surface area contributed by atoms with E-state index in [-0.39, 0.29) is 18.6 Å². The maximum atomic E-state index is 13.1. The van der Waals surface area contributed by atoms with Gasteiger partial charge in [0.1, 0.15) is 18.1 Å². The number of likely N-dealkylation sites (tertiary alicyclic amines) is 1. The van der Waals surface area contributed by atoms with Gasteiger partial charge in [0.2, 0.25) is 11.8 Å². The summed E-state index contributed by atoms with van der Waals surface area (Å²) in [7, 11) is 0. The molecule has 0 radical (unpaired) electrons. The second-order valence-electron chi connectivity index (χ2n) is 8.05. The van der Waals surface area contributed by atoms with Gasteiger partial charge in [-0.25, -0.2) is 15.0 Å². The highest BCUT2D eigenvalue weighted by Crippen LogP contribution is 2.31.